The minimum absolute atomic E-state index is 0. The molecule has 0 fully saturated rings. The van der Waals surface area contributed by atoms with Crippen molar-refractivity contribution in [1.82, 2.24) is 9.97 Å². The monoisotopic (exact) mass is 638 g/mol. The van der Waals surface area contributed by atoms with Gasteiger partial charge in [0.15, 0.2) is 0 Å². The van der Waals surface area contributed by atoms with Gasteiger partial charge in [0.1, 0.15) is 11.5 Å². The fourth-order valence-corrected chi connectivity index (χ4v) is 4.09. The summed E-state index contributed by atoms with van der Waals surface area (Å²) in [5, 5.41) is 62.0. The predicted octanol–water partition coefficient (Wildman–Crippen LogP) is 4.16. The summed E-state index contributed by atoms with van der Waals surface area (Å²) >= 11 is 0. The number of phenolic OH excluding ortho intramolecular Hbond substituents is 2. The van der Waals surface area contributed by atoms with Crippen LogP contribution in [0.5, 0.6) is 11.5 Å². The van der Waals surface area contributed by atoms with E-state index in [0.29, 0.717) is 11.4 Å². The average molecular weight is 639 g/mol. The number of aromatic hydroxyl groups is 2. The maximum absolute atomic E-state index is 12.0. The van der Waals surface area contributed by atoms with Gasteiger partial charge >= 0.3 is 16.5 Å². The van der Waals surface area contributed by atoms with E-state index >= 15 is 0 Å². The predicted molar refractivity (Wildman–Crippen MR) is 168 cm³/mol. The summed E-state index contributed by atoms with van der Waals surface area (Å²) in [6.07, 6.45) is 6.02. The molecule has 4 aromatic carbocycles. The van der Waals surface area contributed by atoms with Gasteiger partial charge in [-0.1, -0.05) is 60.7 Å². The molecular formula is C34H24N6NiO4. The average Bonchev–Trinajstić information content (AvgIpc) is 3.05. The van der Waals surface area contributed by atoms with Crippen LogP contribution in [0.3, 0.4) is 0 Å². The number of pyridine rings is 2. The number of aromatic nitrogens is 2. The fourth-order valence-electron chi connectivity index (χ4n) is 4.09. The Labute approximate surface area is 268 Å². The molecule has 2 N–H and O–H groups in total. The number of benzene rings is 4. The number of fused-ring (bicyclic) bond motifs is 2. The van der Waals surface area contributed by atoms with Gasteiger partial charge < -0.3 is 20.4 Å². The van der Waals surface area contributed by atoms with Crippen molar-refractivity contribution in [2.45, 2.75) is 0 Å². The molecule has 6 aromatic rings. The second-order valence-electron chi connectivity index (χ2n) is 9.24. The second-order valence-corrected chi connectivity index (χ2v) is 9.24. The van der Waals surface area contributed by atoms with Crippen molar-refractivity contribution in [2.24, 2.45) is 20.4 Å². The Hall–Kier alpha value is -5.93. The number of rotatable bonds is 6. The van der Waals surface area contributed by atoms with Gasteiger partial charge in [-0.2, -0.15) is 20.4 Å². The molecule has 0 aliphatic carbocycles. The Bertz CT molecular complexity index is 1870. The molecule has 0 aliphatic heterocycles. The Morgan fingerprint density at radius 2 is 0.889 bits per heavy atom. The molecule has 2 aromatic heterocycles. The Kier molecular flexibility index (Phi) is 11.0. The van der Waals surface area contributed by atoms with Crippen LogP contribution in [-0.4, -0.2) is 44.4 Å². The van der Waals surface area contributed by atoms with Crippen LogP contribution in [-0.2, 0) is 16.5 Å². The third-order valence-corrected chi connectivity index (χ3v) is 6.24. The van der Waals surface area contributed by atoms with Crippen molar-refractivity contribution >= 4 is 45.8 Å². The smallest absolute Gasteiger partial charge is 0.857 e. The maximum Gasteiger partial charge on any atom is 2.00 e. The first-order valence-corrected chi connectivity index (χ1v) is 13.3. The number of hydrogen-bond acceptors (Lipinski definition) is 10. The second kappa shape index (κ2) is 15.5. The molecule has 0 aliphatic rings. The molecule has 6 rings (SSSR count). The molecule has 0 amide bonds. The molecule has 0 radical (unpaired) electrons. The van der Waals surface area contributed by atoms with Gasteiger partial charge in [0, 0.05) is 35.3 Å². The topological polar surface area (TPSA) is 162 Å². The van der Waals surface area contributed by atoms with E-state index in [4.69, 9.17) is 0 Å². The molecule has 0 saturated carbocycles. The molecule has 224 valence electrons. The molecule has 10 nitrogen and oxygen atoms in total. The SMILES string of the molecule is [Ni+2].[O-]/C(=N\N=C\c1ccccn1)c1cc2ccccc2cc1O.[O-]/C(=N\N=C\c1ccccn1)c1cc2ccccc2cc1O. The first-order chi connectivity index (χ1) is 21.5. The minimum atomic E-state index is -0.601. The van der Waals surface area contributed by atoms with Gasteiger partial charge in [0.05, 0.1) is 23.8 Å². The fraction of sp³-hybridized carbons (Fsp3) is 0. The first kappa shape index (κ1) is 32.0. The number of nitrogens with zero attached hydrogens (tertiary/aromatic N) is 6. The van der Waals surface area contributed by atoms with Crippen molar-refractivity contribution in [1.29, 1.82) is 0 Å². The summed E-state index contributed by atoms with van der Waals surface area (Å²) in [6.45, 7) is 0. The number of hydrogen-bond donors (Lipinski definition) is 2. The first-order valence-electron chi connectivity index (χ1n) is 13.3. The summed E-state index contributed by atoms with van der Waals surface area (Å²) in [7, 11) is 0. The van der Waals surface area contributed by atoms with Crippen LogP contribution in [0.2, 0.25) is 0 Å². The van der Waals surface area contributed by atoms with Crippen molar-refractivity contribution in [2.75, 3.05) is 0 Å². The Morgan fingerprint density at radius 1 is 0.533 bits per heavy atom. The van der Waals surface area contributed by atoms with Crippen LogP contribution in [0.4, 0.5) is 0 Å². The molecule has 0 atom stereocenters. The minimum Gasteiger partial charge on any atom is -0.857 e. The summed E-state index contributed by atoms with van der Waals surface area (Å²) < 4.78 is 0. The van der Waals surface area contributed by atoms with E-state index in [0.717, 1.165) is 21.5 Å². The molecule has 11 heteroatoms. The molecular weight excluding hydrogens is 615 g/mol. The molecule has 45 heavy (non-hydrogen) atoms. The summed E-state index contributed by atoms with van der Waals surface area (Å²) in [5.41, 5.74) is 1.44. The molecule has 0 saturated heterocycles. The van der Waals surface area contributed by atoms with E-state index in [1.165, 1.54) is 12.4 Å². The van der Waals surface area contributed by atoms with Crippen LogP contribution in [0.25, 0.3) is 21.5 Å². The largest absolute Gasteiger partial charge is 2.00 e. The van der Waals surface area contributed by atoms with Crippen molar-refractivity contribution in [3.05, 3.63) is 144 Å². The van der Waals surface area contributed by atoms with E-state index < -0.39 is 11.8 Å². The van der Waals surface area contributed by atoms with Gasteiger partial charge in [-0.15, -0.1) is 0 Å². The zero-order chi connectivity index (χ0) is 30.7. The van der Waals surface area contributed by atoms with Gasteiger partial charge in [0.25, 0.3) is 0 Å². The molecule has 2 heterocycles. The van der Waals surface area contributed by atoms with Crippen molar-refractivity contribution < 1.29 is 36.9 Å². The van der Waals surface area contributed by atoms with E-state index in [9.17, 15) is 20.4 Å². The third kappa shape index (κ3) is 8.56. The van der Waals surface area contributed by atoms with Gasteiger partial charge in [-0.3, -0.25) is 9.97 Å². The van der Waals surface area contributed by atoms with Gasteiger partial charge in [-0.05, 0) is 70.1 Å². The van der Waals surface area contributed by atoms with Crippen LogP contribution >= 0.6 is 0 Å². The summed E-state index contributed by atoms with van der Waals surface area (Å²) in [6, 6.07) is 31.9. The van der Waals surface area contributed by atoms with E-state index in [1.54, 1.807) is 60.9 Å². The molecule has 0 unspecified atom stereocenters. The standard InChI is InChI=1S/2C17H13N3O2.Ni/c2*21-16-10-13-6-2-1-5-12(13)9-15(16)17(22)20-19-11-14-7-3-4-8-18-14;/h2*1-11,21H,(H,20,22);/q;;+2/p-2/b2*19-11+;. The van der Waals surface area contributed by atoms with Crippen molar-refractivity contribution in [3.63, 3.8) is 0 Å². The molecule has 0 bridgehead atoms. The Balaban J connectivity index is 0.000000200. The normalized spacial score (nSPS) is 11.8. The van der Waals surface area contributed by atoms with Gasteiger partial charge in [-0.25, -0.2) is 0 Å². The Morgan fingerprint density at radius 3 is 1.24 bits per heavy atom. The van der Waals surface area contributed by atoms with E-state index in [1.807, 2.05) is 60.7 Å². The zero-order valence-corrected chi connectivity index (χ0v) is 24.4. The van der Waals surface area contributed by atoms with Crippen LogP contribution in [0.1, 0.15) is 22.5 Å². The van der Waals surface area contributed by atoms with Crippen LogP contribution in [0, 0.1) is 0 Å². The van der Waals surface area contributed by atoms with E-state index in [2.05, 4.69) is 30.4 Å². The quantitative estimate of drug-likeness (QED) is 0.120. The van der Waals surface area contributed by atoms with Crippen LogP contribution in [0.15, 0.2) is 142 Å². The third-order valence-electron chi connectivity index (χ3n) is 6.24. The molecule has 0 spiro atoms. The van der Waals surface area contributed by atoms with Crippen LogP contribution < -0.4 is 10.2 Å². The van der Waals surface area contributed by atoms with Crippen molar-refractivity contribution in [3.8, 4) is 11.5 Å². The summed E-state index contributed by atoms with van der Waals surface area (Å²) in [5.74, 6) is -1.42. The number of phenols is 2. The zero-order valence-electron chi connectivity index (χ0n) is 23.4. The maximum atomic E-state index is 12.0. The summed E-state index contributed by atoms with van der Waals surface area (Å²) in [4.78, 5) is 8.07. The van der Waals surface area contributed by atoms with E-state index in [-0.39, 0.29) is 39.1 Å². The van der Waals surface area contributed by atoms with Gasteiger partial charge in [0.2, 0.25) is 0 Å².